The van der Waals surface area contributed by atoms with Crippen molar-refractivity contribution < 1.29 is 0 Å². The molecular weight excluding hydrogens is 194 g/mol. The third kappa shape index (κ3) is 1.01. The molecule has 3 heterocycles. The lowest BCUT2D eigenvalue weighted by molar-refractivity contribution is 1.02. The van der Waals surface area contributed by atoms with E-state index < -0.39 is 0 Å². The Morgan fingerprint density at radius 2 is 2.27 bits per heavy atom. The van der Waals surface area contributed by atoms with Crippen LogP contribution in [0.25, 0.3) is 10.8 Å². The summed E-state index contributed by atoms with van der Waals surface area (Å²) in [5.41, 5.74) is -0.293. The molecule has 0 aromatic carbocycles. The van der Waals surface area contributed by atoms with E-state index in [9.17, 15) is 4.79 Å². The Labute approximate surface area is 84.0 Å². The number of aliphatic imine (C=N–C) groups is 1. The Balaban J connectivity index is 2.60. The van der Waals surface area contributed by atoms with Crippen LogP contribution in [0.1, 0.15) is 0 Å². The lowest BCUT2D eigenvalue weighted by atomic mass is 10.3. The third-order valence-corrected chi connectivity index (χ3v) is 2.29. The molecule has 1 aliphatic rings. The van der Waals surface area contributed by atoms with Crippen molar-refractivity contribution in [3.05, 3.63) is 28.7 Å². The first-order chi connectivity index (χ1) is 7.25. The normalized spacial score (nSPS) is 12.8. The third-order valence-electron chi connectivity index (χ3n) is 2.29. The van der Waals surface area contributed by atoms with Crippen molar-refractivity contribution in [1.82, 2.24) is 9.66 Å². The SMILES string of the molecule is Nn1cc2ccc(=O)nc3c2c1N=CN3. The van der Waals surface area contributed by atoms with Gasteiger partial charge in [-0.2, -0.15) is 4.98 Å². The van der Waals surface area contributed by atoms with Crippen molar-refractivity contribution in [3.63, 3.8) is 0 Å². The molecule has 6 nitrogen and oxygen atoms in total. The molecule has 0 unspecified atom stereocenters. The topological polar surface area (TPSA) is 85.3 Å². The van der Waals surface area contributed by atoms with Crippen molar-refractivity contribution in [2.75, 3.05) is 11.2 Å². The minimum absolute atomic E-state index is 0.293. The summed E-state index contributed by atoms with van der Waals surface area (Å²) in [6.07, 6.45) is 3.17. The second-order valence-electron chi connectivity index (χ2n) is 3.22. The van der Waals surface area contributed by atoms with Crippen LogP contribution in [0.5, 0.6) is 0 Å². The summed E-state index contributed by atoms with van der Waals surface area (Å²) in [5.74, 6) is 6.81. The molecule has 3 N–H and O–H groups in total. The van der Waals surface area contributed by atoms with E-state index in [-0.39, 0.29) is 5.56 Å². The Morgan fingerprint density at radius 3 is 3.13 bits per heavy atom. The van der Waals surface area contributed by atoms with Crippen LogP contribution in [0.3, 0.4) is 0 Å². The number of anilines is 1. The first kappa shape index (κ1) is 7.98. The van der Waals surface area contributed by atoms with Gasteiger partial charge >= 0.3 is 0 Å². The van der Waals surface area contributed by atoms with Crippen LogP contribution in [0.15, 0.2) is 28.1 Å². The first-order valence-corrected chi connectivity index (χ1v) is 4.36. The van der Waals surface area contributed by atoms with Gasteiger partial charge in [-0.15, -0.1) is 0 Å². The maximum Gasteiger partial charge on any atom is 0.271 e. The van der Waals surface area contributed by atoms with Gasteiger partial charge in [0.15, 0.2) is 5.82 Å². The molecule has 2 aromatic heterocycles. The van der Waals surface area contributed by atoms with E-state index in [1.54, 1.807) is 12.3 Å². The smallest absolute Gasteiger partial charge is 0.271 e. The Bertz CT molecular complexity index is 643. The second-order valence-corrected chi connectivity index (χ2v) is 3.22. The molecule has 3 rings (SSSR count). The first-order valence-electron chi connectivity index (χ1n) is 4.36. The van der Waals surface area contributed by atoms with Gasteiger partial charge in [0.1, 0.15) is 5.82 Å². The molecule has 0 saturated carbocycles. The van der Waals surface area contributed by atoms with Gasteiger partial charge in [-0.25, -0.2) is 4.99 Å². The van der Waals surface area contributed by atoms with Crippen LogP contribution < -0.4 is 16.7 Å². The van der Waals surface area contributed by atoms with E-state index in [2.05, 4.69) is 15.3 Å². The molecule has 0 aliphatic carbocycles. The molecule has 0 atom stereocenters. The van der Waals surface area contributed by atoms with E-state index in [0.717, 1.165) is 10.8 Å². The van der Waals surface area contributed by atoms with E-state index >= 15 is 0 Å². The van der Waals surface area contributed by atoms with E-state index in [0.29, 0.717) is 11.6 Å². The van der Waals surface area contributed by atoms with Crippen molar-refractivity contribution in [3.8, 4) is 0 Å². The fourth-order valence-electron chi connectivity index (χ4n) is 1.66. The summed E-state index contributed by atoms with van der Waals surface area (Å²) in [7, 11) is 0. The van der Waals surface area contributed by atoms with Crippen LogP contribution in [0, 0.1) is 0 Å². The van der Waals surface area contributed by atoms with Gasteiger partial charge < -0.3 is 11.2 Å². The van der Waals surface area contributed by atoms with Crippen LogP contribution in [0.2, 0.25) is 0 Å². The summed E-state index contributed by atoms with van der Waals surface area (Å²) >= 11 is 0. The van der Waals surface area contributed by atoms with Gasteiger partial charge in [0.2, 0.25) is 0 Å². The van der Waals surface area contributed by atoms with Crippen molar-refractivity contribution >= 4 is 28.7 Å². The Morgan fingerprint density at radius 1 is 1.40 bits per heavy atom. The molecule has 0 spiro atoms. The molecule has 0 radical (unpaired) electrons. The van der Waals surface area contributed by atoms with E-state index in [4.69, 9.17) is 5.84 Å². The standard InChI is InChI=1S/C9H7N5O/c10-14-3-5-1-2-6(15)13-8-7(5)9(14)12-4-11-8/h1-4H,10H2,(H,11,12,13,15). The van der Waals surface area contributed by atoms with Crippen LogP contribution >= 0.6 is 0 Å². The molecule has 2 aromatic rings. The van der Waals surface area contributed by atoms with E-state index in [1.807, 2.05) is 0 Å². The predicted molar refractivity (Wildman–Crippen MR) is 57.9 cm³/mol. The van der Waals surface area contributed by atoms with Gasteiger partial charge in [-0.05, 0) is 6.07 Å². The number of nitrogens with two attached hydrogens (primary N) is 1. The van der Waals surface area contributed by atoms with E-state index in [1.165, 1.54) is 17.1 Å². The minimum Gasteiger partial charge on any atom is -0.338 e. The maximum absolute atomic E-state index is 11.2. The second kappa shape index (κ2) is 2.57. The zero-order valence-electron chi connectivity index (χ0n) is 7.64. The van der Waals surface area contributed by atoms with Crippen molar-refractivity contribution in [2.45, 2.75) is 0 Å². The average Bonchev–Trinajstić information content (AvgIpc) is 2.45. The number of nitrogens with zero attached hydrogens (tertiary/aromatic N) is 3. The highest BCUT2D eigenvalue weighted by Crippen LogP contribution is 2.32. The summed E-state index contributed by atoms with van der Waals surface area (Å²) in [4.78, 5) is 19.2. The maximum atomic E-state index is 11.2. The van der Waals surface area contributed by atoms with Gasteiger partial charge in [0, 0.05) is 17.6 Å². The minimum atomic E-state index is -0.293. The van der Waals surface area contributed by atoms with Gasteiger partial charge in [0.05, 0.1) is 11.7 Å². The number of nitrogens with one attached hydrogen (secondary N) is 1. The molecule has 6 heteroatoms. The monoisotopic (exact) mass is 201 g/mol. The number of nitrogen functional groups attached to an aromatic ring is 1. The molecule has 74 valence electrons. The average molecular weight is 201 g/mol. The quantitative estimate of drug-likeness (QED) is 0.596. The largest absolute Gasteiger partial charge is 0.338 e. The summed E-state index contributed by atoms with van der Waals surface area (Å²) in [6, 6.07) is 3.09. The number of rotatable bonds is 0. The highest BCUT2D eigenvalue weighted by atomic mass is 16.1. The number of aromatic nitrogens is 2. The molecule has 1 aliphatic heterocycles. The predicted octanol–water partition coefficient (Wildman–Crippen LogP) is 0.196. The molecule has 0 fully saturated rings. The molecule has 0 bridgehead atoms. The van der Waals surface area contributed by atoms with Crippen LogP contribution in [0.4, 0.5) is 11.6 Å². The fourth-order valence-corrected chi connectivity index (χ4v) is 1.66. The van der Waals surface area contributed by atoms with Crippen molar-refractivity contribution in [2.24, 2.45) is 4.99 Å². The lowest BCUT2D eigenvalue weighted by Gasteiger charge is -2.05. The zero-order valence-corrected chi connectivity index (χ0v) is 7.64. The Hall–Kier alpha value is -2.37. The van der Waals surface area contributed by atoms with Gasteiger partial charge in [0.25, 0.3) is 5.56 Å². The molecular formula is C9H7N5O. The number of hydrogen-bond donors (Lipinski definition) is 2. The molecule has 15 heavy (non-hydrogen) atoms. The van der Waals surface area contributed by atoms with Crippen LogP contribution in [-0.2, 0) is 0 Å². The highest BCUT2D eigenvalue weighted by molar-refractivity contribution is 6.06. The molecule has 0 saturated heterocycles. The summed E-state index contributed by atoms with van der Waals surface area (Å²) in [5, 5.41) is 4.43. The number of hydrogen-bond acceptors (Lipinski definition) is 5. The Kier molecular flexibility index (Phi) is 1.37. The molecule has 0 amide bonds. The van der Waals surface area contributed by atoms with Crippen molar-refractivity contribution in [1.29, 1.82) is 0 Å². The van der Waals surface area contributed by atoms with Crippen LogP contribution in [-0.4, -0.2) is 16.0 Å². The zero-order chi connectivity index (χ0) is 10.4. The van der Waals surface area contributed by atoms with Gasteiger partial charge in [-0.3, -0.25) is 9.47 Å². The highest BCUT2D eigenvalue weighted by Gasteiger charge is 2.14. The lowest BCUT2D eigenvalue weighted by Crippen LogP contribution is -2.10. The van der Waals surface area contributed by atoms with Gasteiger partial charge in [-0.1, -0.05) is 0 Å². The fraction of sp³-hybridized carbons (Fsp3) is 0. The summed E-state index contributed by atoms with van der Waals surface area (Å²) < 4.78 is 1.41. The summed E-state index contributed by atoms with van der Waals surface area (Å²) in [6.45, 7) is 0.